The fraction of sp³-hybridized carbons (Fsp3) is 0.423. The zero-order valence-corrected chi connectivity index (χ0v) is 20.0. The third-order valence-corrected chi connectivity index (χ3v) is 6.47. The molecule has 1 aliphatic rings. The van der Waals surface area contributed by atoms with Crippen LogP contribution in [0.1, 0.15) is 66.8 Å². The molecule has 1 amide bonds. The minimum Gasteiger partial charge on any atom is -0.399 e. The van der Waals surface area contributed by atoms with Crippen LogP contribution in [0.3, 0.4) is 0 Å². The molecule has 8 heteroatoms. The molecular weight excluding hydrogens is 433 g/mol. The Hall–Kier alpha value is -3.42. The number of aromatic nitrogens is 3. The molecule has 0 saturated heterocycles. The summed E-state index contributed by atoms with van der Waals surface area (Å²) in [5.74, 6) is -0.0747. The van der Waals surface area contributed by atoms with Crippen LogP contribution in [0.25, 0.3) is 5.69 Å². The van der Waals surface area contributed by atoms with Crippen molar-refractivity contribution >= 4 is 17.3 Å². The highest BCUT2D eigenvalue weighted by molar-refractivity contribution is 6.06. The molecule has 0 fully saturated rings. The lowest BCUT2D eigenvalue weighted by atomic mass is 9.92. The molecule has 3 N–H and O–H groups in total. The summed E-state index contributed by atoms with van der Waals surface area (Å²) >= 11 is 0. The maximum absolute atomic E-state index is 15.4. The van der Waals surface area contributed by atoms with Gasteiger partial charge in [-0.3, -0.25) is 9.36 Å². The van der Waals surface area contributed by atoms with E-state index in [0.29, 0.717) is 48.1 Å². The van der Waals surface area contributed by atoms with Crippen LogP contribution in [0.4, 0.5) is 15.8 Å². The average molecular weight is 466 g/mol. The molecule has 4 rings (SSSR count). The summed E-state index contributed by atoms with van der Waals surface area (Å²) in [6, 6.07) is 8.07. The van der Waals surface area contributed by atoms with Gasteiger partial charge in [0, 0.05) is 29.9 Å². The zero-order valence-electron chi connectivity index (χ0n) is 20.0. The first-order chi connectivity index (χ1) is 16.3. The maximum Gasteiger partial charge on any atom is 0.350 e. The van der Waals surface area contributed by atoms with Crippen molar-refractivity contribution in [3.8, 4) is 5.69 Å². The van der Waals surface area contributed by atoms with E-state index in [9.17, 15) is 9.59 Å². The van der Waals surface area contributed by atoms with Gasteiger partial charge in [0.05, 0.1) is 0 Å². The number of nitrogen functional groups attached to an aromatic ring is 1. The molecule has 3 aromatic rings. The Morgan fingerprint density at radius 3 is 2.76 bits per heavy atom. The highest BCUT2D eigenvalue weighted by Gasteiger charge is 2.23. The number of carbonyl (C=O) groups is 1. The molecule has 1 unspecified atom stereocenters. The number of nitrogens with two attached hydrogens (primary N) is 1. The smallest absolute Gasteiger partial charge is 0.350 e. The minimum absolute atomic E-state index is 0.0887. The van der Waals surface area contributed by atoms with Gasteiger partial charge < -0.3 is 11.1 Å². The number of hydrogen-bond donors (Lipinski definition) is 2. The van der Waals surface area contributed by atoms with Crippen LogP contribution in [0.5, 0.6) is 0 Å². The molecule has 180 valence electrons. The van der Waals surface area contributed by atoms with Crippen molar-refractivity contribution in [1.29, 1.82) is 0 Å². The third kappa shape index (κ3) is 4.76. The first-order valence-electron chi connectivity index (χ1n) is 12.0. The standard InChI is InChI=1S/C26H32FN5O2/c1-4-7-16(2)12-18-14-23(32-26(34)31-11-6-5-8-24(31)30-32)21(27)15-20(18)25(33)29-22-10-9-19(28)13-17(22)3/h9-10,13-16H,4-8,11-12,28H2,1-3H3,(H,29,33). The SMILES string of the molecule is CCCC(C)Cc1cc(-n2nc3n(c2=O)CCCC3)c(F)cc1C(=O)Nc1ccc(N)cc1C. The zero-order chi connectivity index (χ0) is 24.4. The largest absolute Gasteiger partial charge is 0.399 e. The summed E-state index contributed by atoms with van der Waals surface area (Å²) in [4.78, 5) is 26.2. The number of hydrogen-bond acceptors (Lipinski definition) is 4. The topological polar surface area (TPSA) is 94.9 Å². The number of carbonyl (C=O) groups excluding carboxylic acids is 1. The van der Waals surface area contributed by atoms with Gasteiger partial charge in [-0.05, 0) is 73.6 Å². The van der Waals surface area contributed by atoms with Crippen LogP contribution >= 0.6 is 0 Å². The Balaban J connectivity index is 1.76. The molecule has 34 heavy (non-hydrogen) atoms. The number of nitrogens with zero attached hydrogens (tertiary/aromatic N) is 3. The van der Waals surface area contributed by atoms with Crippen LogP contribution in [0.2, 0.25) is 0 Å². The summed E-state index contributed by atoms with van der Waals surface area (Å²) in [7, 11) is 0. The molecule has 1 aromatic heterocycles. The second-order valence-electron chi connectivity index (χ2n) is 9.31. The van der Waals surface area contributed by atoms with Crippen LogP contribution in [0, 0.1) is 18.7 Å². The summed E-state index contributed by atoms with van der Waals surface area (Å²) in [5, 5.41) is 7.30. The van der Waals surface area contributed by atoms with Crippen molar-refractivity contribution in [1.82, 2.24) is 14.3 Å². The lowest BCUT2D eigenvalue weighted by molar-refractivity contribution is 0.102. The molecule has 0 saturated carbocycles. The third-order valence-electron chi connectivity index (χ3n) is 6.47. The second-order valence-corrected chi connectivity index (χ2v) is 9.31. The molecule has 0 bridgehead atoms. The number of rotatable bonds is 7. The first kappa shape index (κ1) is 23.7. The van der Waals surface area contributed by atoms with E-state index >= 15 is 4.39 Å². The van der Waals surface area contributed by atoms with E-state index in [1.54, 1.807) is 28.8 Å². The van der Waals surface area contributed by atoms with E-state index in [-0.39, 0.29) is 16.9 Å². The Morgan fingerprint density at radius 2 is 2.06 bits per heavy atom. The van der Waals surface area contributed by atoms with E-state index < -0.39 is 11.7 Å². The summed E-state index contributed by atoms with van der Waals surface area (Å²) in [5.41, 5.74) is 8.57. The Labute approximate surface area is 198 Å². The molecule has 1 atom stereocenters. The van der Waals surface area contributed by atoms with Gasteiger partial charge in [0.1, 0.15) is 17.3 Å². The molecule has 1 aliphatic heterocycles. The lowest BCUT2D eigenvalue weighted by Gasteiger charge is -2.17. The van der Waals surface area contributed by atoms with Crippen molar-refractivity contribution in [3.63, 3.8) is 0 Å². The summed E-state index contributed by atoms with van der Waals surface area (Å²) < 4.78 is 18.1. The first-order valence-corrected chi connectivity index (χ1v) is 12.0. The van der Waals surface area contributed by atoms with Crippen LogP contribution in [0.15, 0.2) is 35.1 Å². The Kier molecular flexibility index (Phi) is 6.86. The fourth-order valence-electron chi connectivity index (χ4n) is 4.69. The monoisotopic (exact) mass is 465 g/mol. The average Bonchev–Trinajstić information content (AvgIpc) is 3.13. The van der Waals surface area contributed by atoms with E-state index in [4.69, 9.17) is 5.73 Å². The fourth-order valence-corrected chi connectivity index (χ4v) is 4.69. The van der Waals surface area contributed by atoms with Crippen molar-refractivity contribution in [3.05, 3.63) is 69.1 Å². The van der Waals surface area contributed by atoms with Crippen molar-refractivity contribution in [2.24, 2.45) is 5.92 Å². The predicted molar refractivity (Wildman–Crippen MR) is 132 cm³/mol. The molecule has 2 aromatic carbocycles. The maximum atomic E-state index is 15.4. The summed E-state index contributed by atoms with van der Waals surface area (Å²) in [6.07, 6.45) is 5.14. The van der Waals surface area contributed by atoms with E-state index in [1.165, 1.54) is 6.07 Å². The normalized spacial score (nSPS) is 14.0. The van der Waals surface area contributed by atoms with E-state index in [0.717, 1.165) is 35.9 Å². The van der Waals surface area contributed by atoms with Crippen LogP contribution < -0.4 is 16.7 Å². The molecule has 0 spiro atoms. The highest BCUT2D eigenvalue weighted by Crippen LogP contribution is 2.25. The second kappa shape index (κ2) is 9.83. The predicted octanol–water partition coefficient (Wildman–Crippen LogP) is 4.63. The number of fused-ring (bicyclic) bond motifs is 1. The van der Waals surface area contributed by atoms with Gasteiger partial charge in [-0.2, -0.15) is 4.68 Å². The van der Waals surface area contributed by atoms with Crippen molar-refractivity contribution in [2.45, 2.75) is 65.8 Å². The number of anilines is 2. The number of aryl methyl sites for hydroxylation is 2. The van der Waals surface area contributed by atoms with E-state index in [1.807, 2.05) is 6.92 Å². The highest BCUT2D eigenvalue weighted by atomic mass is 19.1. The lowest BCUT2D eigenvalue weighted by Crippen LogP contribution is -2.27. The van der Waals surface area contributed by atoms with Crippen LogP contribution in [-0.2, 0) is 19.4 Å². The van der Waals surface area contributed by atoms with E-state index in [2.05, 4.69) is 24.3 Å². The Bertz CT molecular complexity index is 1280. The molecule has 7 nitrogen and oxygen atoms in total. The van der Waals surface area contributed by atoms with Gasteiger partial charge in [0.15, 0.2) is 0 Å². The van der Waals surface area contributed by atoms with Gasteiger partial charge in [-0.1, -0.05) is 26.7 Å². The number of halogens is 1. The molecule has 0 aliphatic carbocycles. The van der Waals surface area contributed by atoms with Gasteiger partial charge in [-0.25, -0.2) is 9.18 Å². The van der Waals surface area contributed by atoms with Crippen molar-refractivity contribution in [2.75, 3.05) is 11.1 Å². The van der Waals surface area contributed by atoms with Gasteiger partial charge in [-0.15, -0.1) is 5.10 Å². The number of nitrogens with one attached hydrogen (secondary N) is 1. The molecule has 2 heterocycles. The van der Waals surface area contributed by atoms with Gasteiger partial charge in [0.25, 0.3) is 5.91 Å². The van der Waals surface area contributed by atoms with Gasteiger partial charge in [0.2, 0.25) is 0 Å². The molecule has 0 radical (unpaired) electrons. The number of benzene rings is 2. The molecular formula is C26H32FN5O2. The van der Waals surface area contributed by atoms with Gasteiger partial charge >= 0.3 is 5.69 Å². The summed E-state index contributed by atoms with van der Waals surface area (Å²) in [6.45, 7) is 6.67. The van der Waals surface area contributed by atoms with Crippen molar-refractivity contribution < 1.29 is 9.18 Å². The minimum atomic E-state index is -0.649. The Morgan fingerprint density at radius 1 is 1.26 bits per heavy atom. The quantitative estimate of drug-likeness (QED) is 0.497. The van der Waals surface area contributed by atoms with Crippen LogP contribution in [-0.4, -0.2) is 20.3 Å². The number of amides is 1.